The molecule has 2 rings (SSSR count). The Morgan fingerprint density at radius 2 is 1.72 bits per heavy atom. The molecule has 2 aromatic carbocycles. The van der Waals surface area contributed by atoms with Crippen LogP contribution in [0.5, 0.6) is 0 Å². The quantitative estimate of drug-likeness (QED) is 0.634. The maximum absolute atomic E-state index is 12.9. The maximum Gasteiger partial charge on any atom is 0.243 e. The van der Waals surface area contributed by atoms with Gasteiger partial charge in [0.1, 0.15) is 6.04 Å². The first-order valence-electron chi connectivity index (χ1n) is 9.87. The molecule has 0 heterocycles. The molecule has 2 amide bonds. The minimum atomic E-state index is -0.520. The average Bonchev–Trinajstić information content (AvgIpc) is 2.69. The molecule has 0 spiro atoms. The van der Waals surface area contributed by atoms with Gasteiger partial charge in [0, 0.05) is 25.0 Å². The van der Waals surface area contributed by atoms with Gasteiger partial charge in [-0.05, 0) is 35.6 Å². The van der Waals surface area contributed by atoms with Crippen LogP contribution < -0.4 is 5.32 Å². The summed E-state index contributed by atoms with van der Waals surface area (Å²) in [5, 5.41) is 3.59. The summed E-state index contributed by atoms with van der Waals surface area (Å²) in [6.07, 6.45) is 4.48. The third-order valence-corrected chi connectivity index (χ3v) is 4.80. The Morgan fingerprint density at radius 1 is 1.07 bits per heavy atom. The zero-order chi connectivity index (χ0) is 21.2. The molecule has 0 bridgehead atoms. The van der Waals surface area contributed by atoms with Gasteiger partial charge in [-0.15, -0.1) is 0 Å². The fourth-order valence-corrected chi connectivity index (χ4v) is 3.21. The highest BCUT2D eigenvalue weighted by Crippen LogP contribution is 2.18. The first-order chi connectivity index (χ1) is 13.9. The van der Waals surface area contributed by atoms with Crippen LogP contribution >= 0.6 is 11.6 Å². The van der Waals surface area contributed by atoms with Gasteiger partial charge in [-0.1, -0.05) is 80.1 Å². The Hall–Kier alpha value is -2.59. The molecule has 0 saturated carbocycles. The number of carbonyl (C=O) groups is 2. The van der Waals surface area contributed by atoms with E-state index in [0.29, 0.717) is 24.5 Å². The summed E-state index contributed by atoms with van der Waals surface area (Å²) in [5.74, 6) is 0.0128. The van der Waals surface area contributed by atoms with Crippen LogP contribution in [0.3, 0.4) is 0 Å². The lowest BCUT2D eigenvalue weighted by Gasteiger charge is -2.31. The van der Waals surface area contributed by atoms with Gasteiger partial charge in [0.25, 0.3) is 0 Å². The highest BCUT2D eigenvalue weighted by Gasteiger charge is 2.28. The van der Waals surface area contributed by atoms with Crippen molar-refractivity contribution in [2.24, 2.45) is 5.92 Å². The van der Waals surface area contributed by atoms with E-state index in [9.17, 15) is 9.59 Å². The fourth-order valence-electron chi connectivity index (χ4n) is 3.09. The molecule has 1 unspecified atom stereocenters. The number of benzene rings is 2. The van der Waals surface area contributed by atoms with Gasteiger partial charge in [-0.2, -0.15) is 0 Å². The molecule has 0 radical (unpaired) electrons. The third-order valence-electron chi connectivity index (χ3n) is 4.55. The van der Waals surface area contributed by atoms with Crippen molar-refractivity contribution in [2.75, 3.05) is 6.54 Å². The van der Waals surface area contributed by atoms with E-state index in [-0.39, 0.29) is 17.7 Å². The van der Waals surface area contributed by atoms with Gasteiger partial charge in [0.15, 0.2) is 0 Å². The van der Waals surface area contributed by atoms with Crippen molar-refractivity contribution in [1.29, 1.82) is 0 Å². The summed E-state index contributed by atoms with van der Waals surface area (Å²) >= 11 is 5.96. The van der Waals surface area contributed by atoms with Crippen molar-refractivity contribution in [1.82, 2.24) is 10.2 Å². The Bertz CT molecular complexity index is 817. The Kier molecular flexibility index (Phi) is 8.94. The second-order valence-corrected chi connectivity index (χ2v) is 7.91. The van der Waals surface area contributed by atoms with E-state index >= 15 is 0 Å². The predicted octanol–water partition coefficient (Wildman–Crippen LogP) is 4.93. The van der Waals surface area contributed by atoms with E-state index in [4.69, 9.17) is 11.6 Å². The van der Waals surface area contributed by atoms with E-state index in [1.165, 1.54) is 6.92 Å². The molecule has 0 aromatic heterocycles. The smallest absolute Gasteiger partial charge is 0.243 e. The first-order valence-corrected chi connectivity index (χ1v) is 10.3. The van der Waals surface area contributed by atoms with Crippen molar-refractivity contribution in [3.05, 3.63) is 76.8 Å². The Labute approximate surface area is 178 Å². The molecule has 0 aliphatic carbocycles. The van der Waals surface area contributed by atoms with Crippen LogP contribution in [0.15, 0.2) is 60.7 Å². The van der Waals surface area contributed by atoms with E-state index in [1.807, 2.05) is 54.6 Å². The van der Waals surface area contributed by atoms with Crippen LogP contribution in [-0.4, -0.2) is 29.3 Å². The number of nitrogens with one attached hydrogen (secondary N) is 1. The molecular weight excluding hydrogens is 384 g/mol. The average molecular weight is 413 g/mol. The molecule has 0 saturated heterocycles. The second kappa shape index (κ2) is 11.4. The Morgan fingerprint density at radius 3 is 2.31 bits per heavy atom. The molecule has 0 aliphatic rings. The van der Waals surface area contributed by atoms with Crippen molar-refractivity contribution < 1.29 is 9.59 Å². The second-order valence-electron chi connectivity index (χ2n) is 7.48. The molecule has 5 heteroatoms. The molecule has 29 heavy (non-hydrogen) atoms. The van der Waals surface area contributed by atoms with Gasteiger partial charge in [0.05, 0.1) is 0 Å². The minimum Gasteiger partial charge on any atom is -0.351 e. The standard InChI is InChI=1S/C24H29ClN2O2/c1-18(2)16-23(24(29)26-15-7-10-20-8-5-4-6-9-20)27(19(3)28)17-21-11-13-22(25)14-12-21/h4-14,18,23H,15-17H2,1-3H3,(H,26,29)/b10-7+. The third kappa shape index (κ3) is 7.74. The van der Waals surface area contributed by atoms with E-state index in [2.05, 4.69) is 19.2 Å². The van der Waals surface area contributed by atoms with E-state index in [0.717, 1.165) is 11.1 Å². The molecule has 0 aliphatic heterocycles. The number of halogens is 1. The number of rotatable bonds is 9. The maximum atomic E-state index is 12.9. The summed E-state index contributed by atoms with van der Waals surface area (Å²) in [6.45, 7) is 6.39. The fraction of sp³-hybridized carbons (Fsp3) is 0.333. The van der Waals surface area contributed by atoms with Gasteiger partial charge in [-0.25, -0.2) is 0 Å². The van der Waals surface area contributed by atoms with Gasteiger partial charge < -0.3 is 10.2 Å². The summed E-state index contributed by atoms with van der Waals surface area (Å²) in [6, 6.07) is 16.7. The van der Waals surface area contributed by atoms with Crippen molar-refractivity contribution in [3.63, 3.8) is 0 Å². The Balaban J connectivity index is 2.07. The summed E-state index contributed by atoms with van der Waals surface area (Å²) < 4.78 is 0. The monoisotopic (exact) mass is 412 g/mol. The SMILES string of the molecule is CC(=O)N(Cc1ccc(Cl)cc1)C(CC(C)C)C(=O)NC/C=C/c1ccccc1. The summed E-state index contributed by atoms with van der Waals surface area (Å²) in [7, 11) is 0. The highest BCUT2D eigenvalue weighted by atomic mass is 35.5. The van der Waals surface area contributed by atoms with E-state index in [1.54, 1.807) is 17.0 Å². The largest absolute Gasteiger partial charge is 0.351 e. The molecule has 1 atom stereocenters. The van der Waals surface area contributed by atoms with Gasteiger partial charge >= 0.3 is 0 Å². The van der Waals surface area contributed by atoms with Crippen molar-refractivity contribution in [3.8, 4) is 0 Å². The molecule has 1 N–H and O–H groups in total. The normalized spacial score (nSPS) is 12.2. The van der Waals surface area contributed by atoms with Crippen LogP contribution in [-0.2, 0) is 16.1 Å². The van der Waals surface area contributed by atoms with E-state index < -0.39 is 6.04 Å². The zero-order valence-electron chi connectivity index (χ0n) is 17.3. The molecule has 154 valence electrons. The highest BCUT2D eigenvalue weighted by molar-refractivity contribution is 6.30. The number of carbonyl (C=O) groups excluding carboxylic acids is 2. The van der Waals surface area contributed by atoms with Gasteiger partial charge in [0.2, 0.25) is 11.8 Å². The van der Waals surface area contributed by atoms with Crippen LogP contribution in [0, 0.1) is 5.92 Å². The first kappa shape index (κ1) is 22.7. The number of hydrogen-bond donors (Lipinski definition) is 1. The lowest BCUT2D eigenvalue weighted by molar-refractivity contribution is -0.140. The molecule has 0 fully saturated rings. The summed E-state index contributed by atoms with van der Waals surface area (Å²) in [5.41, 5.74) is 2.02. The van der Waals surface area contributed by atoms with Crippen molar-refractivity contribution in [2.45, 2.75) is 39.8 Å². The van der Waals surface area contributed by atoms with Crippen LogP contribution in [0.1, 0.15) is 38.3 Å². The molecule has 2 aromatic rings. The lowest BCUT2D eigenvalue weighted by Crippen LogP contribution is -2.49. The van der Waals surface area contributed by atoms with Crippen LogP contribution in [0.2, 0.25) is 5.02 Å². The van der Waals surface area contributed by atoms with Crippen LogP contribution in [0.4, 0.5) is 0 Å². The van der Waals surface area contributed by atoms with Crippen LogP contribution in [0.25, 0.3) is 6.08 Å². The number of nitrogens with zero attached hydrogens (tertiary/aromatic N) is 1. The number of hydrogen-bond acceptors (Lipinski definition) is 2. The predicted molar refractivity (Wildman–Crippen MR) is 119 cm³/mol. The topological polar surface area (TPSA) is 49.4 Å². The lowest BCUT2D eigenvalue weighted by atomic mass is 10.0. The zero-order valence-corrected chi connectivity index (χ0v) is 18.0. The minimum absolute atomic E-state index is 0.124. The molecular formula is C24H29ClN2O2. The number of amides is 2. The summed E-state index contributed by atoms with van der Waals surface area (Å²) in [4.78, 5) is 26.9. The van der Waals surface area contributed by atoms with Crippen molar-refractivity contribution >= 4 is 29.5 Å². The van der Waals surface area contributed by atoms with Gasteiger partial charge in [-0.3, -0.25) is 9.59 Å². The molecule has 4 nitrogen and oxygen atoms in total.